The van der Waals surface area contributed by atoms with E-state index in [1.807, 2.05) is 30.3 Å². The van der Waals surface area contributed by atoms with Crippen LogP contribution < -0.4 is 4.74 Å². The first-order valence-corrected chi connectivity index (χ1v) is 12.9. The predicted octanol–water partition coefficient (Wildman–Crippen LogP) is 4.61. The molecule has 1 aromatic rings. The van der Waals surface area contributed by atoms with E-state index in [2.05, 4.69) is 33.9 Å². The van der Waals surface area contributed by atoms with Gasteiger partial charge in [-0.1, -0.05) is 39.0 Å². The second-order valence-electron chi connectivity index (χ2n) is 8.91. The lowest BCUT2D eigenvalue weighted by Gasteiger charge is -2.38. The van der Waals surface area contributed by atoms with Crippen molar-refractivity contribution in [1.29, 1.82) is 0 Å². The quantitative estimate of drug-likeness (QED) is 0.476. The topological polar surface area (TPSA) is 68.2 Å². The van der Waals surface area contributed by atoms with Gasteiger partial charge in [0.15, 0.2) is 8.32 Å². The number of hydrogen-bond acceptors (Lipinski definition) is 4. The van der Waals surface area contributed by atoms with E-state index in [1.165, 1.54) is 4.90 Å². The van der Waals surface area contributed by atoms with Crippen LogP contribution in [0.5, 0.6) is 5.75 Å². The number of likely N-dealkylation sites (tertiary alicyclic amines) is 1. The Kier molecular flexibility index (Phi) is 7.92. The van der Waals surface area contributed by atoms with Crippen LogP contribution in [-0.4, -0.2) is 62.9 Å². The fourth-order valence-electron chi connectivity index (χ4n) is 3.03. The average Bonchev–Trinajstić information content (AvgIpc) is 3.00. The fourth-order valence-corrected chi connectivity index (χ4v) is 4.39. The number of carbonyl (C=O) groups is 1. The van der Waals surface area contributed by atoms with Crippen LogP contribution in [0.2, 0.25) is 18.1 Å². The van der Waals surface area contributed by atoms with Crippen LogP contribution in [0.3, 0.4) is 0 Å². The van der Waals surface area contributed by atoms with Crippen molar-refractivity contribution in [3.63, 3.8) is 0 Å². The zero-order chi connectivity index (χ0) is 20.8. The van der Waals surface area contributed by atoms with Crippen LogP contribution in [0.15, 0.2) is 30.3 Å². The molecule has 6 nitrogen and oxygen atoms in total. The van der Waals surface area contributed by atoms with Crippen molar-refractivity contribution in [2.24, 2.45) is 0 Å². The van der Waals surface area contributed by atoms with E-state index < -0.39 is 14.4 Å². The minimum atomic E-state index is -1.92. The van der Waals surface area contributed by atoms with E-state index in [0.29, 0.717) is 32.8 Å². The lowest BCUT2D eigenvalue weighted by atomic mass is 10.2. The molecule has 1 saturated heterocycles. The van der Waals surface area contributed by atoms with Gasteiger partial charge in [-0.05, 0) is 36.7 Å². The lowest BCUT2D eigenvalue weighted by molar-refractivity contribution is 0.0667. The molecule has 1 aromatic carbocycles. The number of benzene rings is 1. The van der Waals surface area contributed by atoms with Crippen LogP contribution in [0, 0.1) is 0 Å². The number of carboxylic acid groups (broad SMARTS) is 1. The molecule has 1 N–H and O–H groups in total. The standard InChI is InChI=1S/C21H35NO5Si/c1-21(2,3)28(4,5)27-19-14-17(22(15-19)20(23)24)16-25-12-9-13-26-18-10-7-6-8-11-18/h6-8,10-11,17,19H,9,12-16H2,1-5H3,(H,23,24)/t17-,19+/m1/s1. The lowest BCUT2D eigenvalue weighted by Crippen LogP contribution is -2.44. The van der Waals surface area contributed by atoms with E-state index in [9.17, 15) is 9.90 Å². The van der Waals surface area contributed by atoms with Gasteiger partial charge in [-0.3, -0.25) is 0 Å². The Balaban J connectivity index is 1.74. The largest absolute Gasteiger partial charge is 0.494 e. The highest BCUT2D eigenvalue weighted by molar-refractivity contribution is 6.74. The molecule has 0 aliphatic carbocycles. The number of rotatable bonds is 9. The molecule has 1 fully saturated rings. The Hall–Kier alpha value is -1.57. The summed E-state index contributed by atoms with van der Waals surface area (Å²) in [5.41, 5.74) is 0. The van der Waals surface area contributed by atoms with Gasteiger partial charge in [0.05, 0.1) is 25.4 Å². The summed E-state index contributed by atoms with van der Waals surface area (Å²) in [7, 11) is -1.92. The molecule has 1 aliphatic heterocycles. The van der Waals surface area contributed by atoms with Crippen molar-refractivity contribution in [2.75, 3.05) is 26.4 Å². The molecule has 0 radical (unpaired) electrons. The molecule has 2 atom stereocenters. The first-order chi connectivity index (χ1) is 13.1. The molecular formula is C21H35NO5Si. The van der Waals surface area contributed by atoms with Gasteiger partial charge in [0.1, 0.15) is 5.75 Å². The van der Waals surface area contributed by atoms with Gasteiger partial charge in [-0.2, -0.15) is 0 Å². The third-order valence-corrected chi connectivity index (χ3v) is 10.2. The number of ether oxygens (including phenoxy) is 2. The molecule has 0 spiro atoms. The first-order valence-electron chi connectivity index (χ1n) is 10.0. The van der Waals surface area contributed by atoms with Crippen LogP contribution in [-0.2, 0) is 9.16 Å². The Morgan fingerprint density at radius 3 is 2.50 bits per heavy atom. The van der Waals surface area contributed by atoms with Gasteiger partial charge < -0.3 is 23.9 Å². The highest BCUT2D eigenvalue weighted by Crippen LogP contribution is 2.38. The Morgan fingerprint density at radius 1 is 1.21 bits per heavy atom. The monoisotopic (exact) mass is 409 g/mol. The van der Waals surface area contributed by atoms with Gasteiger partial charge in [0.2, 0.25) is 0 Å². The Labute approximate surface area is 169 Å². The number of nitrogens with zero attached hydrogens (tertiary/aromatic N) is 1. The third-order valence-electron chi connectivity index (χ3n) is 5.64. The maximum Gasteiger partial charge on any atom is 0.407 e. The summed E-state index contributed by atoms with van der Waals surface area (Å²) in [5.74, 6) is 0.848. The van der Waals surface area contributed by atoms with E-state index in [4.69, 9.17) is 13.9 Å². The van der Waals surface area contributed by atoms with Gasteiger partial charge in [0, 0.05) is 19.6 Å². The molecule has 0 saturated carbocycles. The van der Waals surface area contributed by atoms with Gasteiger partial charge in [-0.25, -0.2) is 4.79 Å². The average molecular weight is 410 g/mol. The minimum Gasteiger partial charge on any atom is -0.494 e. The molecule has 0 aromatic heterocycles. The Bertz CT molecular complexity index is 617. The summed E-state index contributed by atoms with van der Waals surface area (Å²) in [6.45, 7) is 12.9. The van der Waals surface area contributed by atoms with E-state index >= 15 is 0 Å². The number of para-hydroxylation sites is 1. The van der Waals surface area contributed by atoms with E-state index in [1.54, 1.807) is 0 Å². The molecule has 28 heavy (non-hydrogen) atoms. The molecule has 7 heteroatoms. The van der Waals surface area contributed by atoms with Crippen LogP contribution in [0.1, 0.15) is 33.6 Å². The predicted molar refractivity (Wildman–Crippen MR) is 113 cm³/mol. The van der Waals surface area contributed by atoms with Crippen molar-refractivity contribution in [3.05, 3.63) is 30.3 Å². The van der Waals surface area contributed by atoms with E-state index in [-0.39, 0.29) is 17.2 Å². The zero-order valence-corrected chi connectivity index (χ0v) is 18.8. The van der Waals surface area contributed by atoms with Crippen molar-refractivity contribution in [3.8, 4) is 5.75 Å². The van der Waals surface area contributed by atoms with E-state index in [0.717, 1.165) is 12.2 Å². The highest BCUT2D eigenvalue weighted by atomic mass is 28.4. The van der Waals surface area contributed by atoms with Crippen LogP contribution in [0.25, 0.3) is 0 Å². The van der Waals surface area contributed by atoms with Gasteiger partial charge in [0.25, 0.3) is 0 Å². The highest BCUT2D eigenvalue weighted by Gasteiger charge is 2.43. The number of amides is 1. The smallest absolute Gasteiger partial charge is 0.407 e. The molecule has 0 unspecified atom stereocenters. The SMILES string of the molecule is CC(C)(C)[Si](C)(C)O[C@H]1C[C@H](COCCCOc2ccccc2)N(C(=O)O)C1. The summed E-state index contributed by atoms with van der Waals surface area (Å²) >= 11 is 0. The maximum absolute atomic E-state index is 11.6. The Morgan fingerprint density at radius 2 is 1.89 bits per heavy atom. The second kappa shape index (κ2) is 9.76. The molecule has 0 bridgehead atoms. The summed E-state index contributed by atoms with van der Waals surface area (Å²) in [4.78, 5) is 13.1. The molecule has 158 valence electrons. The van der Waals surface area contributed by atoms with Gasteiger partial charge in [-0.15, -0.1) is 0 Å². The summed E-state index contributed by atoms with van der Waals surface area (Å²) in [6.07, 6.45) is 0.507. The molecule has 1 amide bonds. The summed E-state index contributed by atoms with van der Waals surface area (Å²) in [5, 5.41) is 9.64. The maximum atomic E-state index is 11.6. The zero-order valence-electron chi connectivity index (χ0n) is 17.8. The third kappa shape index (κ3) is 6.50. The second-order valence-corrected chi connectivity index (χ2v) is 13.7. The van der Waals surface area contributed by atoms with Crippen molar-refractivity contribution < 1.29 is 23.8 Å². The van der Waals surface area contributed by atoms with Crippen molar-refractivity contribution in [2.45, 2.75) is 63.9 Å². The minimum absolute atomic E-state index is 0.0491. The molecular weight excluding hydrogens is 374 g/mol. The van der Waals surface area contributed by atoms with Crippen molar-refractivity contribution in [1.82, 2.24) is 4.90 Å². The van der Waals surface area contributed by atoms with Crippen LogP contribution in [0.4, 0.5) is 4.79 Å². The van der Waals surface area contributed by atoms with Crippen molar-refractivity contribution >= 4 is 14.4 Å². The first kappa shape index (κ1) is 22.7. The normalized spacial score (nSPS) is 20.4. The van der Waals surface area contributed by atoms with Crippen LogP contribution >= 0.6 is 0 Å². The molecule has 2 rings (SSSR count). The molecule has 1 aliphatic rings. The van der Waals surface area contributed by atoms with Gasteiger partial charge >= 0.3 is 6.09 Å². The summed E-state index contributed by atoms with van der Waals surface area (Å²) in [6, 6.07) is 9.53. The fraction of sp³-hybridized carbons (Fsp3) is 0.667. The summed E-state index contributed by atoms with van der Waals surface area (Å²) < 4.78 is 17.8. The molecule has 1 heterocycles. The number of hydrogen-bond donors (Lipinski definition) is 1.